The van der Waals surface area contributed by atoms with Crippen LogP contribution in [0.3, 0.4) is 0 Å². The van der Waals surface area contributed by atoms with E-state index in [0.29, 0.717) is 27.5 Å². The van der Waals surface area contributed by atoms with Crippen molar-refractivity contribution >= 4 is 44.1 Å². The number of hydrogen-bond acceptors (Lipinski definition) is 5. The highest BCUT2D eigenvalue weighted by atomic mass is 16.3. The van der Waals surface area contributed by atoms with E-state index in [9.17, 15) is 20.6 Å². The van der Waals surface area contributed by atoms with Gasteiger partial charge >= 0.3 is 0 Å². The summed E-state index contributed by atoms with van der Waals surface area (Å²) in [5, 5.41) is 49.0. The molecule has 0 bridgehead atoms. The molecule has 7 nitrogen and oxygen atoms in total. The Bertz CT molecular complexity index is 2410. The minimum Gasteiger partial charge on any atom is -0.507 e. The number of nitrogens with zero attached hydrogens (tertiary/aromatic N) is 4. The van der Waals surface area contributed by atoms with E-state index in [1.807, 2.05) is 48.5 Å². The lowest BCUT2D eigenvalue weighted by Crippen LogP contribution is -2.30. The average Bonchev–Trinajstić information content (AvgIpc) is 3.18. The van der Waals surface area contributed by atoms with Crippen molar-refractivity contribution in [2.24, 2.45) is 0 Å². The van der Waals surface area contributed by atoms with E-state index in [0.717, 1.165) is 102 Å². The molecule has 0 heterocycles. The Labute approximate surface area is 317 Å². The Morgan fingerprint density at radius 2 is 1.17 bits per heavy atom. The number of nitriles is 1. The van der Waals surface area contributed by atoms with Gasteiger partial charge in [0.05, 0.1) is 29.5 Å². The van der Waals surface area contributed by atoms with Gasteiger partial charge in [-0.1, -0.05) is 88.4 Å². The Kier molecular flexibility index (Phi) is 10.00. The Balaban J connectivity index is 1.66. The van der Waals surface area contributed by atoms with E-state index in [1.54, 1.807) is 24.3 Å². The summed E-state index contributed by atoms with van der Waals surface area (Å²) in [6, 6.07) is 29.2. The van der Waals surface area contributed by atoms with Crippen LogP contribution < -0.4 is 4.90 Å². The van der Waals surface area contributed by atoms with Gasteiger partial charge in [-0.05, 0) is 48.2 Å². The van der Waals surface area contributed by atoms with Gasteiger partial charge in [0.25, 0.3) is 5.70 Å². The molecule has 5 aromatic rings. The molecule has 0 spiro atoms. The van der Waals surface area contributed by atoms with Crippen molar-refractivity contribution in [2.45, 2.75) is 53.4 Å². The number of phenols is 2. The molecule has 0 aromatic heterocycles. The molecule has 0 unspecified atom stereocenters. The highest BCUT2D eigenvalue weighted by Gasteiger charge is 2.42. The van der Waals surface area contributed by atoms with E-state index in [-0.39, 0.29) is 28.5 Å². The molecule has 7 heteroatoms. The van der Waals surface area contributed by atoms with Crippen LogP contribution in [0.1, 0.15) is 81.2 Å². The summed E-state index contributed by atoms with van der Waals surface area (Å²) in [4.78, 5) is 6.02. The standard InChI is InChI=1S/C47H44N4O3/c1-6-24-50(25-7-2)45-31-18-12-10-16-29(31)38(30-17-11-13-19-32(30)45)43-41(35(28-48)49-5)44(47(43)54)42-39-33(20-14-22-36(39)52)46(51(26-8-3)27-9-4)34-21-15-23-37(53)40(34)42/h10-23H,6-9,24-27H2,1-4H3,(H2-,52,53,54)/p+1/b41-35+. The second-order valence-corrected chi connectivity index (χ2v) is 14.0. The van der Waals surface area contributed by atoms with Gasteiger partial charge in [-0.15, -0.1) is 0 Å². The Morgan fingerprint density at radius 3 is 1.61 bits per heavy atom. The minimum absolute atomic E-state index is 0.0246. The second kappa shape index (κ2) is 15.0. The van der Waals surface area contributed by atoms with E-state index in [4.69, 9.17) is 6.57 Å². The van der Waals surface area contributed by atoms with Crippen LogP contribution in [0.25, 0.3) is 37.5 Å². The summed E-state index contributed by atoms with van der Waals surface area (Å²) in [6.45, 7) is 20.1. The SMILES string of the molecule is [C-]#[N+]/C(C#N)=C1\C(=C2c3ccccc3C(=[N+](CCC)CCC)c3ccccc32)C(O)=C1c1c2c(O)cccc2c(N(CCC)CCC)c2cccc(O)c12. The van der Waals surface area contributed by atoms with Crippen molar-refractivity contribution in [1.29, 1.82) is 5.26 Å². The highest BCUT2D eigenvalue weighted by molar-refractivity contribution is 6.26. The van der Waals surface area contributed by atoms with Gasteiger partial charge in [-0.2, -0.15) is 0 Å². The van der Waals surface area contributed by atoms with Crippen LogP contribution in [0.5, 0.6) is 11.5 Å². The predicted octanol–water partition coefficient (Wildman–Crippen LogP) is 10.5. The number of anilines is 1. The van der Waals surface area contributed by atoms with Crippen LogP contribution in [0.2, 0.25) is 0 Å². The maximum atomic E-state index is 12.6. The van der Waals surface area contributed by atoms with E-state index in [2.05, 4.69) is 60.2 Å². The smallest absolute Gasteiger partial charge is 0.270 e. The third-order valence-electron chi connectivity index (χ3n) is 10.5. The van der Waals surface area contributed by atoms with Gasteiger partial charge in [-0.25, -0.2) is 14.7 Å². The molecule has 2 aliphatic rings. The molecule has 0 saturated heterocycles. The highest BCUT2D eigenvalue weighted by Crippen LogP contribution is 2.58. The summed E-state index contributed by atoms with van der Waals surface area (Å²) < 4.78 is 2.43. The molecule has 0 amide bonds. The lowest BCUT2D eigenvalue weighted by Gasteiger charge is -2.35. The first-order valence-electron chi connectivity index (χ1n) is 19.0. The molecule has 0 aliphatic heterocycles. The van der Waals surface area contributed by atoms with Gasteiger partial charge in [0.15, 0.2) is 0 Å². The molecular weight excluding hydrogens is 669 g/mol. The first kappa shape index (κ1) is 36.1. The minimum atomic E-state index is -0.177. The number of fused-ring (bicyclic) bond motifs is 4. The molecular formula is C47H45N4O3+. The third kappa shape index (κ3) is 5.60. The van der Waals surface area contributed by atoms with Crippen molar-refractivity contribution in [2.75, 3.05) is 31.1 Å². The van der Waals surface area contributed by atoms with E-state index >= 15 is 0 Å². The molecule has 270 valence electrons. The van der Waals surface area contributed by atoms with Crippen LogP contribution in [0.4, 0.5) is 5.69 Å². The average molecular weight is 714 g/mol. The van der Waals surface area contributed by atoms with Crippen LogP contribution >= 0.6 is 0 Å². The molecule has 5 aromatic carbocycles. The maximum absolute atomic E-state index is 12.6. The van der Waals surface area contributed by atoms with Crippen molar-refractivity contribution in [3.8, 4) is 17.6 Å². The van der Waals surface area contributed by atoms with Crippen molar-refractivity contribution < 1.29 is 19.9 Å². The van der Waals surface area contributed by atoms with Gasteiger partial charge in [0, 0.05) is 75.3 Å². The first-order valence-corrected chi connectivity index (χ1v) is 19.0. The summed E-state index contributed by atoms with van der Waals surface area (Å²) in [6.07, 6.45) is 3.75. The number of rotatable bonds is 10. The van der Waals surface area contributed by atoms with Crippen molar-refractivity contribution in [3.05, 3.63) is 147 Å². The van der Waals surface area contributed by atoms with Crippen LogP contribution in [-0.4, -0.2) is 51.8 Å². The lowest BCUT2D eigenvalue weighted by molar-refractivity contribution is -0.527. The topological polar surface area (TPSA) is 95.1 Å². The molecule has 0 radical (unpaired) electrons. The quantitative estimate of drug-likeness (QED) is 0.0569. The fraction of sp³-hybridized carbons (Fsp3) is 0.255. The monoisotopic (exact) mass is 713 g/mol. The largest absolute Gasteiger partial charge is 0.507 e. The number of hydrogen-bond donors (Lipinski definition) is 3. The third-order valence-corrected chi connectivity index (χ3v) is 10.5. The molecule has 54 heavy (non-hydrogen) atoms. The fourth-order valence-electron chi connectivity index (χ4n) is 8.61. The number of aliphatic hydroxyl groups is 1. The fourth-order valence-corrected chi connectivity index (χ4v) is 8.61. The molecule has 2 aliphatic carbocycles. The number of benzene rings is 5. The number of phenolic OH excluding ortho intramolecular Hbond substituents is 2. The Morgan fingerprint density at radius 1 is 0.667 bits per heavy atom. The summed E-state index contributed by atoms with van der Waals surface area (Å²) in [7, 11) is 0. The zero-order valence-electron chi connectivity index (χ0n) is 31.4. The lowest BCUT2D eigenvalue weighted by atomic mass is 9.69. The van der Waals surface area contributed by atoms with Gasteiger partial charge in [-0.3, -0.25) is 0 Å². The molecule has 7 rings (SSSR count). The van der Waals surface area contributed by atoms with Crippen molar-refractivity contribution in [3.63, 3.8) is 0 Å². The van der Waals surface area contributed by atoms with Crippen LogP contribution in [0.15, 0.2) is 108 Å². The Hall–Kier alpha value is -6.31. The number of allylic oxidation sites excluding steroid dienone is 3. The van der Waals surface area contributed by atoms with E-state index < -0.39 is 0 Å². The van der Waals surface area contributed by atoms with E-state index in [1.165, 1.54) is 0 Å². The van der Waals surface area contributed by atoms with Crippen LogP contribution in [0, 0.1) is 17.9 Å². The molecule has 3 N–H and O–H groups in total. The number of aromatic hydroxyl groups is 2. The first-order chi connectivity index (χ1) is 26.4. The van der Waals surface area contributed by atoms with Gasteiger partial charge in [0.1, 0.15) is 30.3 Å². The normalized spacial score (nSPS) is 14.4. The second-order valence-electron chi connectivity index (χ2n) is 14.0. The molecule has 0 atom stereocenters. The molecule has 0 fully saturated rings. The summed E-state index contributed by atoms with van der Waals surface area (Å²) in [5.41, 5.74) is 7.76. The molecule has 0 saturated carbocycles. The van der Waals surface area contributed by atoms with Crippen LogP contribution in [-0.2, 0) is 0 Å². The van der Waals surface area contributed by atoms with Crippen molar-refractivity contribution in [1.82, 2.24) is 0 Å². The maximum Gasteiger partial charge on any atom is 0.270 e. The van der Waals surface area contributed by atoms with Gasteiger partial charge < -0.3 is 20.2 Å². The zero-order chi connectivity index (χ0) is 38.1. The summed E-state index contributed by atoms with van der Waals surface area (Å²) in [5.74, 6) is -0.142. The predicted molar refractivity (Wildman–Crippen MR) is 219 cm³/mol. The van der Waals surface area contributed by atoms with Gasteiger partial charge in [0.2, 0.25) is 5.71 Å². The number of aliphatic hydroxyl groups excluding tert-OH is 1. The zero-order valence-corrected chi connectivity index (χ0v) is 31.4. The summed E-state index contributed by atoms with van der Waals surface area (Å²) >= 11 is 0.